The zero-order chi connectivity index (χ0) is 12.9. The smallest absolute Gasteiger partial charge is 0.239 e. The molecule has 6 nitrogen and oxygen atoms in total. The van der Waals surface area contributed by atoms with Crippen LogP contribution in [0.15, 0.2) is 0 Å². The van der Waals surface area contributed by atoms with E-state index in [1.807, 2.05) is 0 Å². The average molecular weight is 263 g/mol. The van der Waals surface area contributed by atoms with Gasteiger partial charge in [-0.1, -0.05) is 13.8 Å². The lowest BCUT2D eigenvalue weighted by molar-refractivity contribution is -0.129. The van der Waals surface area contributed by atoms with Crippen molar-refractivity contribution in [3.63, 3.8) is 0 Å². The van der Waals surface area contributed by atoms with Gasteiger partial charge in [0.25, 0.3) is 0 Å². The lowest BCUT2D eigenvalue weighted by atomic mass is 10.3. The molecule has 1 N–H and O–H groups in total. The SMILES string of the molecule is CCN(CC)S(=O)(=O)CC(=O)N1CCNCC1. The van der Waals surface area contributed by atoms with Gasteiger partial charge in [0.2, 0.25) is 15.9 Å². The Bertz CT molecular complexity index is 346. The first-order valence-electron chi connectivity index (χ1n) is 5.97. The van der Waals surface area contributed by atoms with Crippen LogP contribution in [0.25, 0.3) is 0 Å². The molecule has 1 aliphatic heterocycles. The first-order chi connectivity index (χ1) is 8.01. The van der Waals surface area contributed by atoms with E-state index in [9.17, 15) is 13.2 Å². The summed E-state index contributed by atoms with van der Waals surface area (Å²) in [6.07, 6.45) is 0. The minimum Gasteiger partial charge on any atom is -0.339 e. The molecule has 0 radical (unpaired) electrons. The average Bonchev–Trinajstić information content (AvgIpc) is 2.30. The number of nitrogens with one attached hydrogen (secondary N) is 1. The molecule has 0 aromatic heterocycles. The molecule has 1 saturated heterocycles. The van der Waals surface area contributed by atoms with Crippen molar-refractivity contribution in [1.29, 1.82) is 0 Å². The molecule has 0 spiro atoms. The first-order valence-corrected chi connectivity index (χ1v) is 7.58. The van der Waals surface area contributed by atoms with Crippen molar-refractivity contribution < 1.29 is 13.2 Å². The van der Waals surface area contributed by atoms with Crippen LogP contribution in [0.2, 0.25) is 0 Å². The van der Waals surface area contributed by atoms with Gasteiger partial charge in [-0.25, -0.2) is 12.7 Å². The van der Waals surface area contributed by atoms with E-state index in [0.717, 1.165) is 13.1 Å². The molecule has 1 aliphatic rings. The van der Waals surface area contributed by atoms with E-state index >= 15 is 0 Å². The fraction of sp³-hybridized carbons (Fsp3) is 0.900. The van der Waals surface area contributed by atoms with Crippen LogP contribution in [0, 0.1) is 0 Å². The fourth-order valence-corrected chi connectivity index (χ4v) is 3.33. The zero-order valence-corrected chi connectivity index (χ0v) is 11.3. The molecule has 0 aromatic rings. The Balaban J connectivity index is 2.60. The van der Waals surface area contributed by atoms with E-state index in [2.05, 4.69) is 5.32 Å². The van der Waals surface area contributed by atoms with Gasteiger partial charge in [0.15, 0.2) is 0 Å². The topological polar surface area (TPSA) is 69.7 Å². The normalized spacial score (nSPS) is 17.5. The van der Waals surface area contributed by atoms with Crippen molar-refractivity contribution in [1.82, 2.24) is 14.5 Å². The molecule has 1 fully saturated rings. The van der Waals surface area contributed by atoms with Crippen LogP contribution in [-0.2, 0) is 14.8 Å². The van der Waals surface area contributed by atoms with Gasteiger partial charge in [0.1, 0.15) is 5.75 Å². The Morgan fingerprint density at radius 2 is 1.76 bits per heavy atom. The summed E-state index contributed by atoms with van der Waals surface area (Å²) in [4.78, 5) is 13.5. The lowest BCUT2D eigenvalue weighted by Crippen LogP contribution is -2.49. The third-order valence-corrected chi connectivity index (χ3v) is 4.79. The Labute approximate surface area is 103 Å². The monoisotopic (exact) mass is 263 g/mol. The number of carbonyl (C=O) groups excluding carboxylic acids is 1. The van der Waals surface area contributed by atoms with Crippen LogP contribution in [0.1, 0.15) is 13.8 Å². The highest BCUT2D eigenvalue weighted by molar-refractivity contribution is 7.89. The van der Waals surface area contributed by atoms with Crippen LogP contribution < -0.4 is 5.32 Å². The molecule has 1 amide bonds. The Morgan fingerprint density at radius 3 is 2.24 bits per heavy atom. The Morgan fingerprint density at radius 1 is 1.24 bits per heavy atom. The summed E-state index contributed by atoms with van der Waals surface area (Å²) < 4.78 is 25.1. The zero-order valence-electron chi connectivity index (χ0n) is 10.5. The number of amides is 1. The highest BCUT2D eigenvalue weighted by Crippen LogP contribution is 2.03. The number of rotatable bonds is 5. The number of nitrogens with zero attached hydrogens (tertiary/aromatic N) is 2. The van der Waals surface area contributed by atoms with Gasteiger partial charge in [-0.3, -0.25) is 4.79 Å². The van der Waals surface area contributed by atoms with Crippen LogP contribution in [0.3, 0.4) is 0 Å². The van der Waals surface area contributed by atoms with Gasteiger partial charge in [0.05, 0.1) is 0 Å². The number of hydrogen-bond acceptors (Lipinski definition) is 4. The van der Waals surface area contributed by atoms with Gasteiger partial charge in [-0.2, -0.15) is 0 Å². The third-order valence-electron chi connectivity index (χ3n) is 2.87. The van der Waals surface area contributed by atoms with E-state index in [1.54, 1.807) is 18.7 Å². The maximum absolute atomic E-state index is 11.9. The maximum Gasteiger partial charge on any atom is 0.239 e. The highest BCUT2D eigenvalue weighted by Gasteiger charge is 2.26. The van der Waals surface area contributed by atoms with Crippen molar-refractivity contribution in [3.05, 3.63) is 0 Å². The van der Waals surface area contributed by atoms with Crippen molar-refractivity contribution in [2.24, 2.45) is 0 Å². The van der Waals surface area contributed by atoms with Gasteiger partial charge in [-0.05, 0) is 0 Å². The number of carbonyl (C=O) groups is 1. The van der Waals surface area contributed by atoms with Crippen molar-refractivity contribution >= 4 is 15.9 Å². The van der Waals surface area contributed by atoms with Crippen LogP contribution >= 0.6 is 0 Å². The molecule has 0 saturated carbocycles. The Kier molecular flexibility index (Phi) is 5.35. The summed E-state index contributed by atoms with van der Waals surface area (Å²) in [5.41, 5.74) is 0. The van der Waals surface area contributed by atoms with E-state index < -0.39 is 15.8 Å². The van der Waals surface area contributed by atoms with Crippen molar-refractivity contribution in [2.45, 2.75) is 13.8 Å². The number of piperazine rings is 1. The summed E-state index contributed by atoms with van der Waals surface area (Å²) in [7, 11) is -3.45. The molecule has 1 heterocycles. The second kappa shape index (κ2) is 6.32. The van der Waals surface area contributed by atoms with E-state index in [-0.39, 0.29) is 5.91 Å². The minimum absolute atomic E-state index is 0.293. The predicted octanol–water partition coefficient (Wildman–Crippen LogP) is -0.910. The second-order valence-electron chi connectivity index (χ2n) is 3.97. The quantitative estimate of drug-likeness (QED) is 0.697. The molecule has 100 valence electrons. The number of sulfonamides is 1. The minimum atomic E-state index is -3.45. The fourth-order valence-electron chi connectivity index (χ4n) is 1.87. The van der Waals surface area contributed by atoms with E-state index in [4.69, 9.17) is 0 Å². The van der Waals surface area contributed by atoms with E-state index in [1.165, 1.54) is 4.31 Å². The Hall–Kier alpha value is -0.660. The molecule has 0 aromatic carbocycles. The van der Waals surface area contributed by atoms with Crippen molar-refractivity contribution in [2.75, 3.05) is 45.0 Å². The molecule has 0 unspecified atom stereocenters. The molecule has 0 aliphatic carbocycles. The standard InChI is InChI=1S/C10H21N3O3S/c1-3-13(4-2)17(15,16)9-10(14)12-7-5-11-6-8-12/h11H,3-9H2,1-2H3. The molecular weight excluding hydrogens is 242 g/mol. The summed E-state index contributed by atoms with van der Waals surface area (Å²) >= 11 is 0. The summed E-state index contributed by atoms with van der Waals surface area (Å²) in [6, 6.07) is 0. The summed E-state index contributed by atoms with van der Waals surface area (Å²) in [6.45, 7) is 7.02. The van der Waals surface area contributed by atoms with Gasteiger partial charge in [-0.15, -0.1) is 0 Å². The summed E-state index contributed by atoms with van der Waals surface area (Å²) in [5, 5.41) is 3.12. The van der Waals surface area contributed by atoms with Gasteiger partial charge >= 0.3 is 0 Å². The molecular formula is C10H21N3O3S. The third kappa shape index (κ3) is 3.93. The van der Waals surface area contributed by atoms with E-state index in [0.29, 0.717) is 26.2 Å². The summed E-state index contributed by atoms with van der Waals surface area (Å²) in [5.74, 6) is -0.701. The molecule has 17 heavy (non-hydrogen) atoms. The van der Waals surface area contributed by atoms with Gasteiger partial charge < -0.3 is 10.2 Å². The van der Waals surface area contributed by atoms with Gasteiger partial charge in [0, 0.05) is 39.3 Å². The molecule has 1 rings (SSSR count). The molecule has 0 bridgehead atoms. The van der Waals surface area contributed by atoms with Crippen LogP contribution in [-0.4, -0.2) is 68.6 Å². The lowest BCUT2D eigenvalue weighted by Gasteiger charge is -2.28. The molecule has 0 atom stereocenters. The highest BCUT2D eigenvalue weighted by atomic mass is 32.2. The van der Waals surface area contributed by atoms with Crippen LogP contribution in [0.5, 0.6) is 0 Å². The largest absolute Gasteiger partial charge is 0.339 e. The van der Waals surface area contributed by atoms with Crippen molar-refractivity contribution in [3.8, 4) is 0 Å². The maximum atomic E-state index is 11.9. The molecule has 7 heteroatoms. The van der Waals surface area contributed by atoms with Crippen LogP contribution in [0.4, 0.5) is 0 Å². The second-order valence-corrected chi connectivity index (χ2v) is 5.94. The first kappa shape index (κ1) is 14.4. The number of hydrogen-bond donors (Lipinski definition) is 1. The predicted molar refractivity (Wildman–Crippen MR) is 66.2 cm³/mol.